The van der Waals surface area contributed by atoms with Crippen LogP contribution in [0, 0.1) is 5.92 Å². The monoisotopic (exact) mass is 346 g/mol. The van der Waals surface area contributed by atoms with Gasteiger partial charge in [0.05, 0.1) is 11.1 Å². The summed E-state index contributed by atoms with van der Waals surface area (Å²) in [6, 6.07) is 5.55. The van der Waals surface area contributed by atoms with Gasteiger partial charge >= 0.3 is 0 Å². The minimum atomic E-state index is 0.0373. The smallest absolute Gasteiger partial charge is 0.257 e. The van der Waals surface area contributed by atoms with Gasteiger partial charge in [-0.05, 0) is 44.5 Å². The number of ether oxygens (including phenoxy) is 3. The third kappa shape index (κ3) is 2.87. The van der Waals surface area contributed by atoms with Crippen molar-refractivity contribution in [1.29, 1.82) is 0 Å². The summed E-state index contributed by atoms with van der Waals surface area (Å²) >= 11 is 0. The maximum atomic E-state index is 13.0. The van der Waals surface area contributed by atoms with Crippen LogP contribution in [-0.4, -0.2) is 74.9 Å². The Hall–Kier alpha value is -1.79. The summed E-state index contributed by atoms with van der Waals surface area (Å²) < 4.78 is 16.7. The zero-order valence-corrected chi connectivity index (χ0v) is 15.0. The maximum absolute atomic E-state index is 13.0. The van der Waals surface area contributed by atoms with Crippen LogP contribution in [0.3, 0.4) is 0 Å². The summed E-state index contributed by atoms with van der Waals surface area (Å²) in [5.74, 6) is 1.88. The number of para-hydroxylation sites is 1. The summed E-state index contributed by atoms with van der Waals surface area (Å²) in [5.41, 5.74) is 0.711. The number of likely N-dealkylation sites (N-methyl/N-ethyl adjacent to an activating group) is 1. The van der Waals surface area contributed by atoms with Gasteiger partial charge in [-0.3, -0.25) is 9.69 Å². The van der Waals surface area contributed by atoms with Crippen molar-refractivity contribution in [3.63, 3.8) is 0 Å². The SMILES string of the molecule is COC[C@H]1CCN(C)C2(C1)CN(C(=O)c1cccc3c1OCCO3)C2. The van der Waals surface area contributed by atoms with E-state index in [1.54, 1.807) is 7.11 Å². The summed E-state index contributed by atoms with van der Waals surface area (Å²) in [4.78, 5) is 17.3. The zero-order valence-electron chi connectivity index (χ0n) is 15.0. The molecule has 1 atom stereocenters. The molecule has 25 heavy (non-hydrogen) atoms. The van der Waals surface area contributed by atoms with E-state index in [1.165, 1.54) is 0 Å². The lowest BCUT2D eigenvalue weighted by Gasteiger charge is -2.58. The molecule has 1 aromatic rings. The quantitative estimate of drug-likeness (QED) is 0.833. The van der Waals surface area contributed by atoms with Crippen molar-refractivity contribution in [2.24, 2.45) is 5.92 Å². The molecule has 0 saturated carbocycles. The van der Waals surface area contributed by atoms with Crippen molar-refractivity contribution < 1.29 is 19.0 Å². The predicted molar refractivity (Wildman–Crippen MR) is 93.3 cm³/mol. The standard InChI is InChI=1S/C19H26N2O4/c1-20-7-6-14(11-23-2)10-19(20)12-21(13-19)18(22)15-4-3-5-16-17(15)25-9-8-24-16/h3-5,14H,6-13H2,1-2H3/t14-/m0/s1. The number of rotatable bonds is 3. The summed E-state index contributed by atoms with van der Waals surface area (Å²) in [6.45, 7) is 4.43. The molecular formula is C19H26N2O4. The molecule has 136 valence electrons. The van der Waals surface area contributed by atoms with Gasteiger partial charge in [0.15, 0.2) is 11.5 Å². The van der Waals surface area contributed by atoms with Crippen LogP contribution in [0.4, 0.5) is 0 Å². The highest BCUT2D eigenvalue weighted by Crippen LogP contribution is 2.41. The Labute approximate surface area is 148 Å². The third-order valence-electron chi connectivity index (χ3n) is 5.81. The largest absolute Gasteiger partial charge is 0.486 e. The second-order valence-electron chi connectivity index (χ2n) is 7.45. The van der Waals surface area contributed by atoms with Crippen molar-refractivity contribution in [3.05, 3.63) is 23.8 Å². The number of fused-ring (bicyclic) bond motifs is 1. The number of carbonyl (C=O) groups excluding carboxylic acids is 1. The average molecular weight is 346 g/mol. The van der Waals surface area contributed by atoms with Crippen LogP contribution >= 0.6 is 0 Å². The number of benzene rings is 1. The molecule has 1 amide bonds. The zero-order chi connectivity index (χ0) is 17.4. The molecular weight excluding hydrogens is 320 g/mol. The molecule has 0 N–H and O–H groups in total. The second kappa shape index (κ2) is 6.50. The normalized spacial score (nSPS) is 24.9. The van der Waals surface area contributed by atoms with Crippen LogP contribution in [0.25, 0.3) is 0 Å². The number of amides is 1. The lowest BCUT2D eigenvalue weighted by molar-refractivity contribution is -0.0732. The fraction of sp³-hybridized carbons (Fsp3) is 0.632. The van der Waals surface area contributed by atoms with E-state index in [9.17, 15) is 4.79 Å². The first kappa shape index (κ1) is 16.7. The highest BCUT2D eigenvalue weighted by molar-refractivity contribution is 5.98. The first-order valence-corrected chi connectivity index (χ1v) is 9.01. The molecule has 0 aromatic heterocycles. The van der Waals surface area contributed by atoms with E-state index in [4.69, 9.17) is 14.2 Å². The molecule has 2 saturated heterocycles. The Morgan fingerprint density at radius 3 is 2.92 bits per heavy atom. The van der Waals surface area contributed by atoms with Crippen molar-refractivity contribution in [1.82, 2.24) is 9.80 Å². The van der Waals surface area contributed by atoms with Gasteiger partial charge in [-0.15, -0.1) is 0 Å². The predicted octanol–water partition coefficient (Wildman–Crippen LogP) is 1.64. The van der Waals surface area contributed by atoms with Crippen LogP contribution in [0.5, 0.6) is 11.5 Å². The molecule has 1 spiro atoms. The highest BCUT2D eigenvalue weighted by Gasteiger charge is 2.51. The molecule has 2 fully saturated rings. The minimum absolute atomic E-state index is 0.0373. The number of likely N-dealkylation sites (tertiary alicyclic amines) is 2. The van der Waals surface area contributed by atoms with Crippen molar-refractivity contribution in [2.75, 3.05) is 53.6 Å². The van der Waals surface area contributed by atoms with E-state index in [0.717, 1.165) is 39.1 Å². The van der Waals surface area contributed by atoms with Gasteiger partial charge in [-0.1, -0.05) is 6.07 Å². The van der Waals surface area contributed by atoms with Crippen LogP contribution in [0.15, 0.2) is 18.2 Å². The molecule has 0 radical (unpaired) electrons. The summed E-state index contributed by atoms with van der Waals surface area (Å²) in [5, 5.41) is 0. The number of methoxy groups -OCH3 is 1. The Kier molecular flexibility index (Phi) is 4.33. The van der Waals surface area contributed by atoms with Gasteiger partial charge in [0.25, 0.3) is 5.91 Å². The molecule has 6 nitrogen and oxygen atoms in total. The molecule has 1 aromatic carbocycles. The van der Waals surface area contributed by atoms with E-state index in [1.807, 2.05) is 23.1 Å². The molecule has 0 aliphatic carbocycles. The summed E-state index contributed by atoms with van der Waals surface area (Å²) in [6.07, 6.45) is 2.25. The molecule has 6 heteroatoms. The van der Waals surface area contributed by atoms with E-state index >= 15 is 0 Å². The van der Waals surface area contributed by atoms with Gasteiger partial charge in [0.2, 0.25) is 0 Å². The third-order valence-corrected chi connectivity index (χ3v) is 5.81. The van der Waals surface area contributed by atoms with E-state index in [-0.39, 0.29) is 11.4 Å². The Bertz CT molecular complexity index is 657. The molecule has 3 heterocycles. The Morgan fingerprint density at radius 1 is 1.32 bits per heavy atom. The highest BCUT2D eigenvalue weighted by atomic mass is 16.6. The van der Waals surface area contributed by atoms with Gasteiger partial charge in [-0.25, -0.2) is 0 Å². The van der Waals surface area contributed by atoms with E-state index in [0.29, 0.717) is 36.2 Å². The van der Waals surface area contributed by atoms with Gasteiger partial charge < -0.3 is 19.1 Å². The van der Waals surface area contributed by atoms with Gasteiger partial charge in [-0.2, -0.15) is 0 Å². The van der Waals surface area contributed by atoms with E-state index in [2.05, 4.69) is 11.9 Å². The van der Waals surface area contributed by atoms with Crippen LogP contribution in [-0.2, 0) is 4.74 Å². The average Bonchev–Trinajstić information content (AvgIpc) is 2.60. The number of nitrogens with zero attached hydrogens (tertiary/aromatic N) is 2. The van der Waals surface area contributed by atoms with Crippen molar-refractivity contribution >= 4 is 5.91 Å². The number of hydrogen-bond acceptors (Lipinski definition) is 5. The topological polar surface area (TPSA) is 51.2 Å². The Balaban J connectivity index is 1.47. The van der Waals surface area contributed by atoms with Crippen LogP contribution in [0.1, 0.15) is 23.2 Å². The first-order valence-electron chi connectivity index (χ1n) is 9.01. The minimum Gasteiger partial charge on any atom is -0.486 e. The van der Waals surface area contributed by atoms with Crippen molar-refractivity contribution in [2.45, 2.75) is 18.4 Å². The Morgan fingerprint density at radius 2 is 2.12 bits per heavy atom. The van der Waals surface area contributed by atoms with Crippen molar-refractivity contribution in [3.8, 4) is 11.5 Å². The molecule has 3 aliphatic rings. The van der Waals surface area contributed by atoms with Crippen LogP contribution in [0.2, 0.25) is 0 Å². The second-order valence-corrected chi connectivity index (χ2v) is 7.45. The number of carbonyl (C=O) groups is 1. The fourth-order valence-corrected chi connectivity index (χ4v) is 4.38. The lowest BCUT2D eigenvalue weighted by atomic mass is 9.75. The molecule has 0 bridgehead atoms. The molecule has 3 aliphatic heterocycles. The summed E-state index contributed by atoms with van der Waals surface area (Å²) in [7, 11) is 3.94. The van der Waals surface area contributed by atoms with Crippen LogP contribution < -0.4 is 9.47 Å². The fourth-order valence-electron chi connectivity index (χ4n) is 4.38. The van der Waals surface area contributed by atoms with E-state index < -0.39 is 0 Å². The van der Waals surface area contributed by atoms with Gasteiger partial charge in [0, 0.05) is 26.8 Å². The number of hydrogen-bond donors (Lipinski definition) is 0. The first-order chi connectivity index (χ1) is 12.1. The molecule has 4 rings (SSSR count). The lowest BCUT2D eigenvalue weighted by Crippen LogP contribution is -2.72. The molecule has 0 unspecified atom stereocenters. The maximum Gasteiger partial charge on any atom is 0.257 e. The van der Waals surface area contributed by atoms with Gasteiger partial charge in [0.1, 0.15) is 13.2 Å². The number of piperidine rings is 1.